The first-order chi connectivity index (χ1) is 10.5. The first-order valence-electron chi connectivity index (χ1n) is 7.27. The molecule has 1 aliphatic rings. The molecule has 0 saturated carbocycles. The predicted octanol–water partition coefficient (Wildman–Crippen LogP) is 5.08. The van der Waals surface area contributed by atoms with Gasteiger partial charge in [0.2, 0.25) is 0 Å². The Morgan fingerprint density at radius 2 is 2.23 bits per heavy atom. The van der Waals surface area contributed by atoms with Crippen LogP contribution in [0.15, 0.2) is 40.4 Å². The Balaban J connectivity index is 2.24. The van der Waals surface area contributed by atoms with Crippen LogP contribution in [-0.4, -0.2) is 24.3 Å². The number of carbonyl (C=O) groups excluding carboxylic acids is 1. The Labute approximate surface area is 141 Å². The van der Waals surface area contributed by atoms with Crippen LogP contribution in [0.4, 0.5) is 0 Å². The molecule has 0 unspecified atom stereocenters. The number of carbonyl (C=O) groups is 1. The lowest BCUT2D eigenvalue weighted by Gasteiger charge is -2.16. The highest BCUT2D eigenvalue weighted by Crippen LogP contribution is 2.36. The van der Waals surface area contributed by atoms with E-state index in [1.165, 1.54) is 4.91 Å². The first kappa shape index (κ1) is 17.0. The number of rotatable bonds is 6. The second-order valence-electron chi connectivity index (χ2n) is 5.08. The molecule has 0 saturated heterocycles. The van der Waals surface area contributed by atoms with Crippen LogP contribution in [0, 0.1) is 0 Å². The molecule has 0 amide bonds. The average Bonchev–Trinajstić information content (AvgIpc) is 2.84. The number of nitrogens with zero attached hydrogens (tertiary/aromatic N) is 1. The van der Waals surface area contributed by atoms with Crippen LogP contribution >= 0.6 is 23.4 Å². The summed E-state index contributed by atoms with van der Waals surface area (Å²) in [5, 5.41) is 1.48. The molecule has 1 aliphatic heterocycles. The van der Waals surface area contributed by atoms with Crippen LogP contribution in [-0.2, 0) is 0 Å². The van der Waals surface area contributed by atoms with Crippen molar-refractivity contribution < 1.29 is 9.53 Å². The van der Waals surface area contributed by atoms with Crippen molar-refractivity contribution in [2.24, 2.45) is 0 Å². The van der Waals surface area contributed by atoms with Crippen LogP contribution in [0.1, 0.15) is 37.0 Å². The highest BCUT2D eigenvalue weighted by molar-refractivity contribution is 8.06. The largest absolute Gasteiger partial charge is 0.496 e. The van der Waals surface area contributed by atoms with E-state index in [9.17, 15) is 4.79 Å². The maximum atomic E-state index is 12.6. The smallest absolute Gasteiger partial charge is 0.192 e. The van der Waals surface area contributed by atoms with Gasteiger partial charge in [-0.1, -0.05) is 36.7 Å². The molecule has 1 heterocycles. The number of methoxy groups -OCH3 is 1. The Bertz CT molecular complexity index is 625. The maximum absolute atomic E-state index is 12.6. The molecule has 0 N–H and O–H groups in total. The van der Waals surface area contributed by atoms with Gasteiger partial charge in [-0.15, -0.1) is 0 Å². The summed E-state index contributed by atoms with van der Waals surface area (Å²) >= 11 is 7.62. The van der Waals surface area contributed by atoms with E-state index in [1.807, 2.05) is 0 Å². The van der Waals surface area contributed by atoms with Gasteiger partial charge >= 0.3 is 0 Å². The Morgan fingerprint density at radius 3 is 2.91 bits per heavy atom. The first-order valence-corrected chi connectivity index (χ1v) is 8.47. The van der Waals surface area contributed by atoms with Crippen molar-refractivity contribution >= 4 is 29.1 Å². The molecule has 118 valence electrons. The van der Waals surface area contributed by atoms with Crippen LogP contribution in [0.3, 0.4) is 0 Å². The molecule has 0 aromatic heterocycles. The molecule has 1 aromatic rings. The molecule has 2 rings (SSSR count). The SMILES string of the molecule is CCCCN1C=C(C)SC1=CC(=O)c1cc(Cl)ccc1OC. The fourth-order valence-electron chi connectivity index (χ4n) is 2.21. The van der Waals surface area contributed by atoms with Crippen molar-refractivity contribution in [3.8, 4) is 5.75 Å². The quantitative estimate of drug-likeness (QED) is 0.534. The minimum absolute atomic E-state index is 0.0913. The van der Waals surface area contributed by atoms with Crippen molar-refractivity contribution in [1.29, 1.82) is 0 Å². The number of allylic oxidation sites excluding steroid dienone is 2. The lowest BCUT2D eigenvalue weighted by atomic mass is 10.1. The third-order valence-corrected chi connectivity index (χ3v) is 4.54. The minimum atomic E-state index is -0.0913. The van der Waals surface area contributed by atoms with Crippen LogP contribution in [0.2, 0.25) is 5.02 Å². The number of ether oxygens (including phenoxy) is 1. The summed E-state index contributed by atoms with van der Waals surface area (Å²) < 4.78 is 5.26. The summed E-state index contributed by atoms with van der Waals surface area (Å²) in [5.74, 6) is 0.450. The van der Waals surface area contributed by atoms with Crippen molar-refractivity contribution in [1.82, 2.24) is 4.90 Å². The van der Waals surface area contributed by atoms with E-state index >= 15 is 0 Å². The zero-order valence-corrected chi connectivity index (χ0v) is 14.6. The topological polar surface area (TPSA) is 29.5 Å². The van der Waals surface area contributed by atoms with Gasteiger partial charge in [0.1, 0.15) is 5.75 Å². The zero-order valence-electron chi connectivity index (χ0n) is 13.1. The number of ketones is 1. The number of hydrogen-bond donors (Lipinski definition) is 0. The summed E-state index contributed by atoms with van der Waals surface area (Å²) in [6.07, 6.45) is 5.98. The Kier molecular flexibility index (Phi) is 5.98. The van der Waals surface area contributed by atoms with E-state index in [2.05, 4.69) is 24.9 Å². The third kappa shape index (κ3) is 4.08. The molecule has 3 nitrogen and oxygen atoms in total. The second-order valence-corrected chi connectivity index (χ2v) is 6.78. The molecule has 0 atom stereocenters. The van der Waals surface area contributed by atoms with E-state index in [0.717, 1.165) is 24.4 Å². The molecule has 0 fully saturated rings. The fraction of sp³-hybridized carbons (Fsp3) is 0.353. The Morgan fingerprint density at radius 1 is 1.45 bits per heavy atom. The molecule has 0 aliphatic carbocycles. The van der Waals surface area contributed by atoms with Gasteiger partial charge in [-0.05, 0) is 31.5 Å². The van der Waals surface area contributed by atoms with Crippen molar-refractivity contribution in [3.63, 3.8) is 0 Å². The second kappa shape index (κ2) is 7.75. The number of thioether (sulfide) groups is 1. The summed E-state index contributed by atoms with van der Waals surface area (Å²) in [7, 11) is 1.55. The lowest BCUT2D eigenvalue weighted by Crippen LogP contribution is -2.14. The number of unbranched alkanes of at least 4 members (excludes halogenated alkanes) is 1. The molecule has 5 heteroatoms. The van der Waals surface area contributed by atoms with Crippen molar-refractivity contribution in [3.05, 3.63) is 51.0 Å². The lowest BCUT2D eigenvalue weighted by molar-refractivity contribution is 0.104. The molecular weight excluding hydrogens is 318 g/mol. The minimum Gasteiger partial charge on any atom is -0.496 e. The van der Waals surface area contributed by atoms with Gasteiger partial charge in [-0.2, -0.15) is 0 Å². The van der Waals surface area contributed by atoms with Crippen LogP contribution < -0.4 is 4.74 Å². The highest BCUT2D eigenvalue weighted by atomic mass is 35.5. The summed E-state index contributed by atoms with van der Waals surface area (Å²) in [4.78, 5) is 15.9. The predicted molar refractivity (Wildman–Crippen MR) is 93.4 cm³/mol. The highest BCUT2D eigenvalue weighted by Gasteiger charge is 2.19. The molecule has 0 bridgehead atoms. The maximum Gasteiger partial charge on any atom is 0.192 e. The standard InChI is InChI=1S/C17H20ClNO2S/c1-4-5-8-19-11-12(2)22-17(19)10-15(20)14-9-13(18)6-7-16(14)21-3/h6-7,9-11H,4-5,8H2,1-3H3. The van der Waals surface area contributed by atoms with Gasteiger partial charge in [-0.3, -0.25) is 4.79 Å². The summed E-state index contributed by atoms with van der Waals surface area (Å²) in [6.45, 7) is 5.13. The monoisotopic (exact) mass is 337 g/mol. The van der Waals surface area contributed by atoms with Crippen molar-refractivity contribution in [2.45, 2.75) is 26.7 Å². The van der Waals surface area contributed by atoms with Gasteiger partial charge in [0.25, 0.3) is 0 Å². The molecule has 1 aromatic carbocycles. The van der Waals surface area contributed by atoms with Gasteiger partial charge in [-0.25, -0.2) is 0 Å². The summed E-state index contributed by atoms with van der Waals surface area (Å²) in [5.41, 5.74) is 0.489. The average molecular weight is 338 g/mol. The number of halogens is 1. The van der Waals surface area contributed by atoms with Gasteiger partial charge in [0.05, 0.1) is 17.7 Å². The zero-order chi connectivity index (χ0) is 16.1. The molecule has 22 heavy (non-hydrogen) atoms. The van der Waals surface area contributed by atoms with E-state index in [1.54, 1.807) is 43.1 Å². The normalized spacial score (nSPS) is 16.1. The van der Waals surface area contributed by atoms with Gasteiger partial charge in [0.15, 0.2) is 5.78 Å². The van der Waals surface area contributed by atoms with E-state index in [0.29, 0.717) is 16.3 Å². The fourth-order valence-corrected chi connectivity index (χ4v) is 3.32. The summed E-state index contributed by atoms with van der Waals surface area (Å²) in [6, 6.07) is 5.08. The molecule has 0 spiro atoms. The third-order valence-electron chi connectivity index (χ3n) is 3.32. The van der Waals surface area contributed by atoms with E-state index in [4.69, 9.17) is 16.3 Å². The Hall–Kier alpha value is -1.39. The number of hydrogen-bond acceptors (Lipinski definition) is 4. The molecule has 0 radical (unpaired) electrons. The number of benzene rings is 1. The van der Waals surface area contributed by atoms with Crippen LogP contribution in [0.5, 0.6) is 5.75 Å². The van der Waals surface area contributed by atoms with Crippen LogP contribution in [0.25, 0.3) is 0 Å². The van der Waals surface area contributed by atoms with Gasteiger partial charge in [0, 0.05) is 28.7 Å². The van der Waals surface area contributed by atoms with E-state index < -0.39 is 0 Å². The van der Waals surface area contributed by atoms with Gasteiger partial charge < -0.3 is 9.64 Å². The van der Waals surface area contributed by atoms with E-state index in [-0.39, 0.29) is 5.78 Å². The van der Waals surface area contributed by atoms with Crippen molar-refractivity contribution in [2.75, 3.05) is 13.7 Å². The molecular formula is C17H20ClNO2S.